The van der Waals surface area contributed by atoms with Crippen LogP contribution in [0.15, 0.2) is 0 Å². The first kappa shape index (κ1) is 14.2. The second-order valence-electron chi connectivity index (χ2n) is 4.11. The summed E-state index contributed by atoms with van der Waals surface area (Å²) in [6, 6.07) is -0.767. The van der Waals surface area contributed by atoms with Crippen LogP contribution >= 0.6 is 12.6 Å². The first-order chi connectivity index (χ1) is 8.36. The molecule has 0 heterocycles. The minimum absolute atomic E-state index is 0.0585. The Labute approximate surface area is 109 Å². The molecule has 0 aromatic carbocycles. The molecule has 0 rings (SSSR count). The van der Waals surface area contributed by atoms with Crippen molar-refractivity contribution in [3.05, 3.63) is 0 Å². The molecular weight excluding hydrogens is 242 g/mol. The summed E-state index contributed by atoms with van der Waals surface area (Å²) < 4.78 is 17.1. The Morgan fingerprint density at radius 2 is 2.18 bits per heavy atom. The number of hydrogen-bond donors (Lipinski definition) is 2. The molecule has 1 atom stereocenters. The van der Waals surface area contributed by atoms with Gasteiger partial charge in [0.05, 0.1) is 6.61 Å². The normalized spacial score (nSPS) is 13.5. The van der Waals surface area contributed by atoms with Crippen molar-refractivity contribution in [3.8, 4) is 0 Å². The Morgan fingerprint density at radius 3 is 2.65 bits per heavy atom. The number of carbonyl (C=O) groups excluding carboxylic acids is 2. The maximum absolute atomic E-state index is 11.6. The predicted octanol–water partition coefficient (Wildman–Crippen LogP) is 1.76. The van der Waals surface area contributed by atoms with Gasteiger partial charge in [-0.25, -0.2) is 9.59 Å². The lowest BCUT2D eigenvalue weighted by atomic mass is 10.2. The van der Waals surface area contributed by atoms with Crippen molar-refractivity contribution >= 4 is 24.7 Å². The molecule has 0 spiro atoms. The summed E-state index contributed by atoms with van der Waals surface area (Å²) in [5, 5.41) is 2.43. The van der Waals surface area contributed by atoms with Crippen LogP contribution in [0.25, 0.3) is 0 Å². The van der Waals surface area contributed by atoms with Crippen molar-refractivity contribution in [1.29, 1.82) is 0 Å². The van der Waals surface area contributed by atoms with Crippen molar-refractivity contribution in [2.24, 2.45) is 0 Å². The molecule has 5 nitrogen and oxygen atoms in total. The van der Waals surface area contributed by atoms with Crippen molar-refractivity contribution in [1.82, 2.24) is 5.32 Å². The zero-order valence-electron chi connectivity index (χ0n) is 11.5. The van der Waals surface area contributed by atoms with Crippen LogP contribution < -0.4 is 5.32 Å². The van der Waals surface area contributed by atoms with Crippen molar-refractivity contribution in [3.63, 3.8) is 0 Å². The van der Waals surface area contributed by atoms with E-state index in [0.29, 0.717) is 12.2 Å². The van der Waals surface area contributed by atoms with Gasteiger partial charge in [0.1, 0.15) is 11.6 Å². The van der Waals surface area contributed by atoms with Gasteiger partial charge in [-0.3, -0.25) is 0 Å². The summed E-state index contributed by atoms with van der Waals surface area (Å²) in [5.41, 5.74) is -0.885. The number of carbonyl (C=O) groups is 2. The smallest absolute Gasteiger partial charge is 0.408 e. The van der Waals surface area contributed by atoms with Crippen molar-refractivity contribution < 1.29 is 20.4 Å². The van der Waals surface area contributed by atoms with Crippen LogP contribution in [0.5, 0.6) is 0 Å². The topological polar surface area (TPSA) is 64.6 Å². The fourth-order valence-electron chi connectivity index (χ4n) is 1.04. The standard InChI is InChI=1S/C11H21NO4S/c1-5-15-9(13)8(6-7-17)12-10(14)16-11(2,3)4/h8,17H,5-7H2,1-4H3,(H,12,14)/t8-/m0/s1/i2D. The molecule has 0 unspecified atom stereocenters. The molecule has 1 N–H and O–H groups in total. The first-order valence-electron chi connectivity index (χ1n) is 6.13. The molecule has 0 saturated heterocycles. The third-order valence-corrected chi connectivity index (χ3v) is 1.91. The molecular formula is C11H21NO4S. The summed E-state index contributed by atoms with van der Waals surface area (Å²) in [4.78, 5) is 23.1. The largest absolute Gasteiger partial charge is 0.464 e. The fourth-order valence-corrected chi connectivity index (χ4v) is 1.30. The second-order valence-corrected chi connectivity index (χ2v) is 4.56. The molecule has 100 valence electrons. The van der Waals surface area contributed by atoms with E-state index in [9.17, 15) is 9.59 Å². The van der Waals surface area contributed by atoms with Gasteiger partial charge in [0, 0.05) is 1.37 Å². The number of nitrogens with one attached hydrogen (secondary N) is 1. The number of alkyl carbamates (subject to hydrolysis) is 1. The number of thiol groups is 1. The highest BCUT2D eigenvalue weighted by Gasteiger charge is 2.24. The van der Waals surface area contributed by atoms with E-state index in [1.807, 2.05) is 0 Å². The lowest BCUT2D eigenvalue weighted by molar-refractivity contribution is -0.145. The zero-order valence-corrected chi connectivity index (χ0v) is 11.4. The van der Waals surface area contributed by atoms with E-state index in [2.05, 4.69) is 17.9 Å². The van der Waals surface area contributed by atoms with E-state index >= 15 is 0 Å². The van der Waals surface area contributed by atoms with Gasteiger partial charge in [-0.15, -0.1) is 0 Å². The Kier molecular flexibility index (Phi) is 6.18. The molecule has 0 radical (unpaired) electrons. The van der Waals surface area contributed by atoms with Gasteiger partial charge in [-0.2, -0.15) is 12.6 Å². The second kappa shape index (κ2) is 7.42. The van der Waals surface area contributed by atoms with Gasteiger partial charge in [0.15, 0.2) is 0 Å². The maximum Gasteiger partial charge on any atom is 0.408 e. The minimum atomic E-state index is -0.885. The minimum Gasteiger partial charge on any atom is -0.464 e. The van der Waals surface area contributed by atoms with E-state index in [1.54, 1.807) is 20.8 Å². The van der Waals surface area contributed by atoms with Crippen LogP contribution in [0.1, 0.15) is 35.5 Å². The molecule has 17 heavy (non-hydrogen) atoms. The molecule has 6 heteroatoms. The average molecular weight is 264 g/mol. The zero-order chi connectivity index (χ0) is 14.2. The third kappa shape index (κ3) is 7.90. The highest BCUT2D eigenvalue weighted by atomic mass is 32.1. The predicted molar refractivity (Wildman–Crippen MR) is 68.3 cm³/mol. The summed E-state index contributed by atoms with van der Waals surface area (Å²) in [7, 11) is 0. The maximum atomic E-state index is 11.6. The lowest BCUT2D eigenvalue weighted by Gasteiger charge is -2.22. The molecule has 0 bridgehead atoms. The van der Waals surface area contributed by atoms with Crippen LogP contribution in [-0.2, 0) is 14.3 Å². The molecule has 1 amide bonds. The molecule has 0 aliphatic carbocycles. The van der Waals surface area contributed by atoms with Gasteiger partial charge in [0.25, 0.3) is 0 Å². The summed E-state index contributed by atoms with van der Waals surface area (Å²) in [6.07, 6.45) is -0.370. The number of hydrogen-bond acceptors (Lipinski definition) is 5. The Bertz CT molecular complexity index is 286. The Balaban J connectivity index is 4.40. The van der Waals surface area contributed by atoms with E-state index in [-0.39, 0.29) is 13.5 Å². The van der Waals surface area contributed by atoms with Crippen molar-refractivity contribution in [2.75, 3.05) is 12.4 Å². The van der Waals surface area contributed by atoms with E-state index in [1.165, 1.54) is 0 Å². The van der Waals surface area contributed by atoms with Gasteiger partial charge >= 0.3 is 12.1 Å². The molecule has 0 fully saturated rings. The molecule has 0 saturated carbocycles. The van der Waals surface area contributed by atoms with E-state index in [4.69, 9.17) is 10.8 Å². The first-order valence-corrected chi connectivity index (χ1v) is 6.05. The molecule has 0 aliphatic rings. The average Bonchev–Trinajstić information content (AvgIpc) is 2.28. The highest BCUT2D eigenvalue weighted by Crippen LogP contribution is 2.07. The monoisotopic (exact) mass is 264 g/mol. The quantitative estimate of drug-likeness (QED) is 0.586. The number of rotatable bonds is 5. The molecule has 0 aromatic rings. The number of esters is 1. The van der Waals surface area contributed by atoms with Gasteiger partial charge in [0.2, 0.25) is 0 Å². The Morgan fingerprint density at radius 1 is 1.53 bits per heavy atom. The highest BCUT2D eigenvalue weighted by molar-refractivity contribution is 7.80. The van der Waals surface area contributed by atoms with Crippen LogP contribution in [0, 0.1) is 0 Å². The van der Waals surface area contributed by atoms with Gasteiger partial charge in [-0.1, -0.05) is 0 Å². The fraction of sp³-hybridized carbons (Fsp3) is 0.818. The molecule has 0 aliphatic heterocycles. The number of amides is 1. The van der Waals surface area contributed by atoms with Gasteiger partial charge in [-0.05, 0) is 39.8 Å². The SMILES string of the molecule is [2H]CC(C)(C)OC(=O)N[C@@H](CCS)C(=O)OCC. The summed E-state index contributed by atoms with van der Waals surface area (Å²) in [6.45, 7) is 5.13. The molecule has 0 aromatic heterocycles. The van der Waals surface area contributed by atoms with Crippen LogP contribution in [-0.4, -0.2) is 36.1 Å². The van der Waals surface area contributed by atoms with Crippen LogP contribution in [0.4, 0.5) is 4.79 Å². The summed E-state index contributed by atoms with van der Waals surface area (Å²) >= 11 is 4.02. The van der Waals surface area contributed by atoms with Gasteiger partial charge < -0.3 is 14.8 Å². The lowest BCUT2D eigenvalue weighted by Crippen LogP contribution is -2.44. The summed E-state index contributed by atoms with van der Waals surface area (Å²) in [5.74, 6) is -0.0711. The van der Waals surface area contributed by atoms with Crippen LogP contribution in [0.3, 0.4) is 0 Å². The number of ether oxygens (including phenoxy) is 2. The van der Waals surface area contributed by atoms with E-state index in [0.717, 1.165) is 0 Å². The van der Waals surface area contributed by atoms with E-state index < -0.39 is 23.7 Å². The van der Waals surface area contributed by atoms with Crippen LogP contribution in [0.2, 0.25) is 0 Å². The van der Waals surface area contributed by atoms with Crippen molar-refractivity contribution in [2.45, 2.75) is 45.7 Å². The third-order valence-electron chi connectivity index (χ3n) is 1.65. The Hall–Kier alpha value is -0.910.